The van der Waals surface area contributed by atoms with E-state index >= 15 is 0 Å². The van der Waals surface area contributed by atoms with Gasteiger partial charge in [-0.1, -0.05) is 54.1 Å². The molecule has 4 rings (SSSR count). The molecule has 3 aromatic carbocycles. The molecule has 0 saturated heterocycles. The van der Waals surface area contributed by atoms with Crippen molar-refractivity contribution in [2.45, 2.75) is 64.2 Å². The number of benzene rings is 3. The van der Waals surface area contributed by atoms with E-state index in [9.17, 15) is 13.2 Å². The quantitative estimate of drug-likeness (QED) is 0.202. The average molecular weight is 493 g/mol. The number of unbranched alkanes of at least 4 members (excludes halogenated alkanes) is 1. The van der Waals surface area contributed by atoms with Gasteiger partial charge in [-0.2, -0.15) is 0 Å². The highest BCUT2D eigenvalue weighted by Gasteiger charge is 2.24. The minimum absolute atomic E-state index is 0.303. The molecule has 3 aromatic rings. The molecule has 1 nitrogen and oxygen atoms in total. The van der Waals surface area contributed by atoms with E-state index in [0.717, 1.165) is 56.1 Å². The van der Waals surface area contributed by atoms with Crippen molar-refractivity contribution in [2.75, 3.05) is 6.61 Å². The van der Waals surface area contributed by atoms with Crippen molar-refractivity contribution in [3.63, 3.8) is 0 Å². The Kier molecular flexibility index (Phi) is 8.90. The maximum absolute atomic E-state index is 14.8. The number of ether oxygens (including phenoxy) is 1. The average Bonchev–Trinajstić information content (AvgIpc) is 2.89. The molecule has 0 radical (unpaired) electrons. The first-order valence-corrected chi connectivity index (χ1v) is 13.0. The van der Waals surface area contributed by atoms with E-state index < -0.39 is 11.6 Å². The van der Waals surface area contributed by atoms with Gasteiger partial charge >= 0.3 is 0 Å². The summed E-state index contributed by atoms with van der Waals surface area (Å²) in [7, 11) is 0. The maximum Gasteiger partial charge on any atom is 0.166 e. The normalized spacial score (nSPS) is 17.7. The van der Waals surface area contributed by atoms with Crippen LogP contribution in [0.4, 0.5) is 13.2 Å². The standard InChI is InChI=1S/C32H35F3O/c1-3-4-5-20-36-30-19-17-27(21-29(30)33)24-13-8-23(9-14-24)10-15-26-16-18-28(32(35)31(26)34)25-11-6-22(2)7-12-25/h3,6-7,11-12,16-19,21,23-24H,1,4-5,8-10,13-15,20H2,2H3. The van der Waals surface area contributed by atoms with Crippen LogP contribution in [-0.4, -0.2) is 6.61 Å². The van der Waals surface area contributed by atoms with Crippen LogP contribution in [0, 0.1) is 30.3 Å². The third-order valence-corrected chi connectivity index (χ3v) is 7.43. The van der Waals surface area contributed by atoms with E-state index in [1.165, 1.54) is 0 Å². The van der Waals surface area contributed by atoms with Crippen LogP contribution < -0.4 is 4.74 Å². The Hall–Kier alpha value is -3.01. The van der Waals surface area contributed by atoms with E-state index in [2.05, 4.69) is 6.58 Å². The molecular weight excluding hydrogens is 457 g/mol. The van der Waals surface area contributed by atoms with E-state index in [-0.39, 0.29) is 5.82 Å². The Labute approximate surface area is 213 Å². The van der Waals surface area contributed by atoms with Crippen molar-refractivity contribution in [1.82, 2.24) is 0 Å². The second-order valence-electron chi connectivity index (χ2n) is 9.99. The lowest BCUT2D eigenvalue weighted by molar-refractivity contribution is 0.294. The molecule has 0 amide bonds. The van der Waals surface area contributed by atoms with E-state index in [1.807, 2.05) is 43.3 Å². The van der Waals surface area contributed by atoms with Crippen LogP contribution in [0.25, 0.3) is 11.1 Å². The fourth-order valence-corrected chi connectivity index (χ4v) is 5.18. The monoisotopic (exact) mass is 492 g/mol. The summed E-state index contributed by atoms with van der Waals surface area (Å²) in [5.74, 6) is -0.704. The first-order valence-electron chi connectivity index (χ1n) is 13.0. The zero-order valence-corrected chi connectivity index (χ0v) is 21.0. The number of aryl methyl sites for hydroxylation is 2. The number of allylic oxidation sites excluding steroid dienone is 1. The molecule has 0 spiro atoms. The molecule has 1 aliphatic rings. The van der Waals surface area contributed by atoms with Gasteiger partial charge < -0.3 is 4.74 Å². The molecule has 0 aromatic heterocycles. The van der Waals surface area contributed by atoms with Crippen LogP contribution in [0.15, 0.2) is 67.3 Å². The molecule has 0 heterocycles. The summed E-state index contributed by atoms with van der Waals surface area (Å²) in [5.41, 5.74) is 3.53. The molecule has 1 fully saturated rings. The Morgan fingerprint density at radius 1 is 0.917 bits per heavy atom. The molecule has 0 N–H and O–H groups in total. The number of hydrogen-bond acceptors (Lipinski definition) is 1. The van der Waals surface area contributed by atoms with Crippen LogP contribution in [0.3, 0.4) is 0 Å². The molecule has 0 bridgehead atoms. The van der Waals surface area contributed by atoms with Gasteiger partial charge in [0.25, 0.3) is 0 Å². The predicted octanol–water partition coefficient (Wildman–Crippen LogP) is 9.33. The summed E-state index contributed by atoms with van der Waals surface area (Å²) in [6.07, 6.45) is 8.84. The third-order valence-electron chi connectivity index (χ3n) is 7.43. The van der Waals surface area contributed by atoms with Gasteiger partial charge in [-0.15, -0.1) is 6.58 Å². The van der Waals surface area contributed by atoms with Gasteiger partial charge in [-0.3, -0.25) is 0 Å². The second kappa shape index (κ2) is 12.3. The lowest BCUT2D eigenvalue weighted by Gasteiger charge is -2.29. The fourth-order valence-electron chi connectivity index (χ4n) is 5.18. The van der Waals surface area contributed by atoms with Crippen LogP contribution >= 0.6 is 0 Å². The highest BCUT2D eigenvalue weighted by molar-refractivity contribution is 5.65. The summed E-state index contributed by atoms with van der Waals surface area (Å²) >= 11 is 0. The molecule has 4 heteroatoms. The lowest BCUT2D eigenvalue weighted by Crippen LogP contribution is -2.14. The fraction of sp³-hybridized carbons (Fsp3) is 0.375. The second-order valence-corrected chi connectivity index (χ2v) is 9.99. The molecular formula is C32H35F3O. The zero-order chi connectivity index (χ0) is 25.5. The van der Waals surface area contributed by atoms with Crippen molar-refractivity contribution < 1.29 is 17.9 Å². The first-order chi connectivity index (χ1) is 17.5. The van der Waals surface area contributed by atoms with Crippen LogP contribution in [-0.2, 0) is 6.42 Å². The molecule has 0 aliphatic heterocycles. The van der Waals surface area contributed by atoms with Crippen LogP contribution in [0.5, 0.6) is 5.75 Å². The summed E-state index contributed by atoms with van der Waals surface area (Å²) in [6, 6.07) is 16.2. The maximum atomic E-state index is 14.8. The Morgan fingerprint density at radius 3 is 2.36 bits per heavy atom. The van der Waals surface area contributed by atoms with Crippen molar-refractivity contribution in [2.24, 2.45) is 5.92 Å². The van der Waals surface area contributed by atoms with Crippen molar-refractivity contribution in [3.8, 4) is 16.9 Å². The molecule has 0 atom stereocenters. The number of rotatable bonds is 10. The summed E-state index contributed by atoms with van der Waals surface area (Å²) in [5, 5.41) is 0. The van der Waals surface area contributed by atoms with Gasteiger partial charge in [-0.05, 0) is 98.9 Å². The minimum Gasteiger partial charge on any atom is -0.491 e. The minimum atomic E-state index is -0.768. The summed E-state index contributed by atoms with van der Waals surface area (Å²) in [4.78, 5) is 0. The lowest BCUT2D eigenvalue weighted by atomic mass is 9.77. The molecule has 0 unspecified atom stereocenters. The summed E-state index contributed by atoms with van der Waals surface area (Å²) in [6.45, 7) is 6.13. The zero-order valence-electron chi connectivity index (χ0n) is 21.0. The largest absolute Gasteiger partial charge is 0.491 e. The van der Waals surface area contributed by atoms with Crippen molar-refractivity contribution in [1.29, 1.82) is 0 Å². The number of hydrogen-bond donors (Lipinski definition) is 0. The smallest absolute Gasteiger partial charge is 0.166 e. The molecule has 1 saturated carbocycles. The van der Waals surface area contributed by atoms with Gasteiger partial charge in [0, 0.05) is 5.56 Å². The van der Waals surface area contributed by atoms with Gasteiger partial charge in [-0.25, -0.2) is 13.2 Å². The number of halogens is 3. The van der Waals surface area contributed by atoms with Gasteiger partial charge in [0.2, 0.25) is 0 Å². The molecule has 36 heavy (non-hydrogen) atoms. The van der Waals surface area contributed by atoms with Crippen molar-refractivity contribution >= 4 is 0 Å². The Bertz CT molecular complexity index is 1160. The Balaban J connectivity index is 1.29. The third kappa shape index (κ3) is 6.40. The van der Waals surface area contributed by atoms with Gasteiger partial charge in [0.15, 0.2) is 23.2 Å². The van der Waals surface area contributed by atoms with Gasteiger partial charge in [0.1, 0.15) is 0 Å². The first kappa shape index (κ1) is 26.1. The molecule has 1 aliphatic carbocycles. The van der Waals surface area contributed by atoms with E-state index in [4.69, 9.17) is 4.74 Å². The summed E-state index contributed by atoms with van der Waals surface area (Å²) < 4.78 is 49.7. The van der Waals surface area contributed by atoms with E-state index in [1.54, 1.807) is 24.3 Å². The van der Waals surface area contributed by atoms with Crippen LogP contribution in [0.2, 0.25) is 0 Å². The predicted molar refractivity (Wildman–Crippen MR) is 141 cm³/mol. The van der Waals surface area contributed by atoms with Gasteiger partial charge in [0.05, 0.1) is 6.61 Å². The SMILES string of the molecule is C=CCCCOc1ccc(C2CCC(CCc3ccc(-c4ccc(C)cc4)c(F)c3F)CC2)cc1F. The highest BCUT2D eigenvalue weighted by Crippen LogP contribution is 2.39. The topological polar surface area (TPSA) is 9.23 Å². The highest BCUT2D eigenvalue weighted by atomic mass is 19.2. The van der Waals surface area contributed by atoms with E-state index in [0.29, 0.717) is 47.3 Å². The van der Waals surface area contributed by atoms with Crippen LogP contribution in [0.1, 0.15) is 67.6 Å². The Morgan fingerprint density at radius 2 is 1.67 bits per heavy atom. The molecule has 190 valence electrons. The van der Waals surface area contributed by atoms with Crippen molar-refractivity contribution in [3.05, 3.63) is 101 Å².